The van der Waals surface area contributed by atoms with Gasteiger partial charge in [-0.05, 0) is 43.8 Å². The molecule has 1 aliphatic rings. The molecule has 3 heterocycles. The highest BCUT2D eigenvalue weighted by molar-refractivity contribution is 7.10. The van der Waals surface area contributed by atoms with Crippen LogP contribution in [0.5, 0.6) is 0 Å². The molecule has 0 spiro atoms. The van der Waals surface area contributed by atoms with E-state index in [4.69, 9.17) is 4.98 Å². The monoisotopic (exact) mass is 302 g/mol. The van der Waals surface area contributed by atoms with E-state index in [1.165, 1.54) is 16.0 Å². The highest BCUT2D eigenvalue weighted by atomic mass is 32.1. The minimum Gasteiger partial charge on any atom is -0.334 e. The quantitative estimate of drug-likeness (QED) is 0.942. The van der Waals surface area contributed by atoms with Crippen LogP contribution in [0.2, 0.25) is 0 Å². The number of fused-ring (bicyclic) bond motifs is 1. The third-order valence-electron chi connectivity index (χ3n) is 4.17. The van der Waals surface area contributed by atoms with E-state index in [1.54, 1.807) is 0 Å². The lowest BCUT2D eigenvalue weighted by atomic mass is 10.0. The van der Waals surface area contributed by atoms with Gasteiger partial charge in [-0.3, -0.25) is 0 Å². The van der Waals surface area contributed by atoms with Crippen LogP contribution in [-0.4, -0.2) is 23.1 Å². The van der Waals surface area contributed by atoms with Gasteiger partial charge in [-0.15, -0.1) is 11.3 Å². The Bertz CT molecular complexity index is 622. The maximum Gasteiger partial charge on any atom is 0.226 e. The Balaban J connectivity index is 1.83. The largest absolute Gasteiger partial charge is 0.334 e. The third kappa shape index (κ3) is 2.80. The summed E-state index contributed by atoms with van der Waals surface area (Å²) in [5, 5.41) is 5.52. The molecule has 2 aromatic heterocycles. The number of hydrogen-bond donors (Lipinski definition) is 1. The molecule has 0 saturated heterocycles. The highest BCUT2D eigenvalue weighted by Crippen LogP contribution is 2.34. The van der Waals surface area contributed by atoms with Crippen molar-refractivity contribution in [1.82, 2.24) is 15.3 Å². The third-order valence-corrected chi connectivity index (χ3v) is 5.16. The van der Waals surface area contributed by atoms with E-state index in [-0.39, 0.29) is 0 Å². The van der Waals surface area contributed by atoms with Crippen molar-refractivity contribution in [3.05, 3.63) is 39.3 Å². The van der Waals surface area contributed by atoms with Gasteiger partial charge in [-0.25, -0.2) is 9.97 Å². The van der Waals surface area contributed by atoms with Crippen molar-refractivity contribution >= 4 is 17.3 Å². The van der Waals surface area contributed by atoms with Gasteiger partial charge in [0.25, 0.3) is 0 Å². The molecule has 1 aliphatic heterocycles. The topological polar surface area (TPSA) is 41.1 Å². The number of thiophene rings is 1. The van der Waals surface area contributed by atoms with E-state index >= 15 is 0 Å². The number of nitrogens with zero attached hydrogens (tertiary/aromatic N) is 3. The Morgan fingerprint density at radius 2 is 2.33 bits per heavy atom. The summed E-state index contributed by atoms with van der Waals surface area (Å²) in [5.41, 5.74) is 3.69. The lowest BCUT2D eigenvalue weighted by Crippen LogP contribution is -2.34. The van der Waals surface area contributed by atoms with Crippen LogP contribution in [0.15, 0.2) is 17.6 Å². The normalized spacial score (nSPS) is 17.9. The first-order valence-electron chi connectivity index (χ1n) is 7.56. The standard InChI is InChI=1S/C16H22N4S/c1-4-17-9-13-10-18-16(19-11(13)2)20-7-5-15-14(12(20)3)6-8-21-15/h6,8,10,12,17H,4-5,7,9H2,1-3H3. The molecule has 112 valence electrons. The van der Waals surface area contributed by atoms with Crippen molar-refractivity contribution in [2.24, 2.45) is 0 Å². The molecule has 2 aromatic rings. The Morgan fingerprint density at radius 3 is 3.10 bits per heavy atom. The lowest BCUT2D eigenvalue weighted by molar-refractivity contribution is 0.612. The molecule has 0 fully saturated rings. The summed E-state index contributed by atoms with van der Waals surface area (Å²) in [4.78, 5) is 13.2. The van der Waals surface area contributed by atoms with Gasteiger partial charge < -0.3 is 10.2 Å². The molecule has 3 rings (SSSR count). The number of aromatic nitrogens is 2. The number of nitrogens with one attached hydrogen (secondary N) is 1. The molecular formula is C16H22N4S. The zero-order valence-corrected chi connectivity index (χ0v) is 13.7. The predicted molar refractivity (Wildman–Crippen MR) is 87.9 cm³/mol. The summed E-state index contributed by atoms with van der Waals surface area (Å²) in [7, 11) is 0. The van der Waals surface area contributed by atoms with Crippen LogP contribution < -0.4 is 10.2 Å². The van der Waals surface area contributed by atoms with Crippen LogP contribution in [0.3, 0.4) is 0 Å². The van der Waals surface area contributed by atoms with Gasteiger partial charge in [0.05, 0.1) is 6.04 Å². The molecule has 0 aromatic carbocycles. The second-order valence-corrected chi connectivity index (χ2v) is 6.48. The highest BCUT2D eigenvalue weighted by Gasteiger charge is 2.26. The zero-order chi connectivity index (χ0) is 14.8. The second-order valence-electron chi connectivity index (χ2n) is 5.48. The number of rotatable bonds is 4. The number of hydrogen-bond acceptors (Lipinski definition) is 5. The molecule has 0 radical (unpaired) electrons. The van der Waals surface area contributed by atoms with Crippen molar-refractivity contribution in [3.8, 4) is 0 Å². The summed E-state index contributed by atoms with van der Waals surface area (Å²) in [6.07, 6.45) is 3.06. The molecule has 0 saturated carbocycles. The molecule has 1 atom stereocenters. The first-order valence-corrected chi connectivity index (χ1v) is 8.44. The Morgan fingerprint density at radius 1 is 1.48 bits per heavy atom. The smallest absolute Gasteiger partial charge is 0.226 e. The van der Waals surface area contributed by atoms with Gasteiger partial charge in [-0.2, -0.15) is 0 Å². The van der Waals surface area contributed by atoms with E-state index < -0.39 is 0 Å². The van der Waals surface area contributed by atoms with E-state index in [9.17, 15) is 0 Å². The summed E-state index contributed by atoms with van der Waals surface area (Å²) in [5.74, 6) is 0.858. The van der Waals surface area contributed by atoms with Crippen LogP contribution in [0.1, 0.15) is 41.6 Å². The van der Waals surface area contributed by atoms with Crippen LogP contribution in [-0.2, 0) is 13.0 Å². The molecule has 4 nitrogen and oxygen atoms in total. The van der Waals surface area contributed by atoms with Gasteiger partial charge >= 0.3 is 0 Å². The molecule has 0 aliphatic carbocycles. The zero-order valence-electron chi connectivity index (χ0n) is 12.9. The maximum absolute atomic E-state index is 4.74. The van der Waals surface area contributed by atoms with Crippen LogP contribution >= 0.6 is 11.3 Å². The second kappa shape index (κ2) is 6.12. The summed E-state index contributed by atoms with van der Waals surface area (Å²) < 4.78 is 0. The van der Waals surface area contributed by atoms with Crippen molar-refractivity contribution in [2.45, 2.75) is 39.8 Å². The summed E-state index contributed by atoms with van der Waals surface area (Å²) in [6, 6.07) is 2.60. The Hall–Kier alpha value is -1.46. The van der Waals surface area contributed by atoms with E-state index in [0.29, 0.717) is 6.04 Å². The van der Waals surface area contributed by atoms with Crippen LogP contribution in [0.4, 0.5) is 5.95 Å². The van der Waals surface area contributed by atoms with E-state index in [0.717, 1.165) is 37.7 Å². The summed E-state index contributed by atoms with van der Waals surface area (Å²) >= 11 is 1.87. The number of anilines is 1. The van der Waals surface area contributed by atoms with Crippen LogP contribution in [0, 0.1) is 6.92 Å². The van der Waals surface area contributed by atoms with Gasteiger partial charge in [0.1, 0.15) is 0 Å². The van der Waals surface area contributed by atoms with Crippen molar-refractivity contribution in [2.75, 3.05) is 18.0 Å². The van der Waals surface area contributed by atoms with E-state index in [2.05, 4.69) is 47.4 Å². The first-order chi connectivity index (χ1) is 10.2. The minimum absolute atomic E-state index is 0.360. The first kappa shape index (κ1) is 14.5. The SMILES string of the molecule is CCNCc1cnc(N2CCc3sccc3C2C)nc1C. The fraction of sp³-hybridized carbons (Fsp3) is 0.500. The molecule has 1 N–H and O–H groups in total. The fourth-order valence-corrected chi connectivity index (χ4v) is 3.80. The minimum atomic E-state index is 0.360. The molecule has 0 bridgehead atoms. The van der Waals surface area contributed by atoms with Gasteiger partial charge in [0.15, 0.2) is 0 Å². The molecule has 5 heteroatoms. The van der Waals surface area contributed by atoms with E-state index in [1.807, 2.05) is 17.5 Å². The van der Waals surface area contributed by atoms with Gasteiger partial charge in [-0.1, -0.05) is 6.92 Å². The van der Waals surface area contributed by atoms with Crippen molar-refractivity contribution in [1.29, 1.82) is 0 Å². The Kier molecular flexibility index (Phi) is 4.22. The fourth-order valence-electron chi connectivity index (χ4n) is 2.83. The van der Waals surface area contributed by atoms with Gasteiger partial charge in [0.2, 0.25) is 5.95 Å². The summed E-state index contributed by atoms with van der Waals surface area (Å²) in [6.45, 7) is 9.23. The van der Waals surface area contributed by atoms with Crippen molar-refractivity contribution < 1.29 is 0 Å². The molecule has 0 amide bonds. The molecule has 1 unspecified atom stereocenters. The maximum atomic E-state index is 4.74. The van der Waals surface area contributed by atoms with Crippen molar-refractivity contribution in [3.63, 3.8) is 0 Å². The Labute approximate surface area is 130 Å². The predicted octanol–water partition coefficient (Wildman–Crippen LogP) is 3.08. The molecule has 21 heavy (non-hydrogen) atoms. The molecular weight excluding hydrogens is 280 g/mol. The number of aryl methyl sites for hydroxylation is 1. The average Bonchev–Trinajstić information content (AvgIpc) is 2.96. The van der Waals surface area contributed by atoms with Gasteiger partial charge in [0, 0.05) is 35.4 Å². The lowest BCUT2D eigenvalue weighted by Gasteiger charge is -2.33. The van der Waals surface area contributed by atoms with Crippen LogP contribution in [0.25, 0.3) is 0 Å². The average molecular weight is 302 g/mol.